The summed E-state index contributed by atoms with van der Waals surface area (Å²) in [6.45, 7) is 5.30. The van der Waals surface area contributed by atoms with E-state index in [-0.39, 0.29) is 12.7 Å². The third-order valence-electron chi connectivity index (χ3n) is 6.55. The number of amides is 1. The maximum Gasteiger partial charge on any atom is 0.231 e. The molecule has 5 rings (SSSR count). The molecule has 0 aliphatic carbocycles. The number of nitrogens with zero attached hydrogens (tertiary/aromatic N) is 3. The number of likely N-dealkylation sites (tertiary alicyclic amines) is 1. The monoisotopic (exact) mass is 407 g/mol. The Morgan fingerprint density at radius 2 is 2.00 bits per heavy atom. The molecule has 1 atom stereocenters. The number of pyridine rings is 1. The maximum absolute atomic E-state index is 12.9. The highest BCUT2D eigenvalue weighted by Crippen LogP contribution is 2.36. The van der Waals surface area contributed by atoms with E-state index in [2.05, 4.69) is 26.9 Å². The molecule has 0 spiro atoms. The van der Waals surface area contributed by atoms with Crippen molar-refractivity contribution in [3.05, 3.63) is 53.3 Å². The van der Waals surface area contributed by atoms with Gasteiger partial charge >= 0.3 is 0 Å². The van der Waals surface area contributed by atoms with Crippen molar-refractivity contribution < 1.29 is 14.3 Å². The van der Waals surface area contributed by atoms with Crippen LogP contribution in [-0.4, -0.2) is 60.2 Å². The van der Waals surface area contributed by atoms with Gasteiger partial charge < -0.3 is 19.3 Å². The van der Waals surface area contributed by atoms with Crippen molar-refractivity contribution in [2.75, 3.05) is 39.5 Å². The van der Waals surface area contributed by atoms with Gasteiger partial charge in [0, 0.05) is 32.0 Å². The average molecular weight is 408 g/mol. The fourth-order valence-corrected chi connectivity index (χ4v) is 4.90. The van der Waals surface area contributed by atoms with E-state index in [1.54, 1.807) is 0 Å². The highest BCUT2D eigenvalue weighted by molar-refractivity contribution is 5.80. The predicted molar refractivity (Wildman–Crippen MR) is 114 cm³/mol. The summed E-state index contributed by atoms with van der Waals surface area (Å²) in [5.41, 5.74) is 3.62. The van der Waals surface area contributed by atoms with Crippen molar-refractivity contribution in [2.45, 2.75) is 32.1 Å². The van der Waals surface area contributed by atoms with E-state index < -0.39 is 0 Å². The molecule has 0 radical (unpaired) electrons. The highest BCUT2D eigenvalue weighted by atomic mass is 16.7. The zero-order chi connectivity index (χ0) is 20.3. The average Bonchev–Trinajstić information content (AvgIpc) is 3.37. The van der Waals surface area contributed by atoms with Gasteiger partial charge in [-0.15, -0.1) is 0 Å². The largest absolute Gasteiger partial charge is 0.454 e. The number of aryl methyl sites for hydroxylation is 1. The fourth-order valence-electron chi connectivity index (χ4n) is 4.90. The molecule has 0 N–H and O–H groups in total. The number of hydrogen-bond acceptors (Lipinski definition) is 5. The van der Waals surface area contributed by atoms with Crippen LogP contribution in [0.3, 0.4) is 0 Å². The maximum atomic E-state index is 12.9. The van der Waals surface area contributed by atoms with Gasteiger partial charge in [-0.2, -0.15) is 0 Å². The lowest BCUT2D eigenvalue weighted by atomic mass is 10.0. The van der Waals surface area contributed by atoms with Crippen LogP contribution in [-0.2, 0) is 24.1 Å². The molecule has 4 heterocycles. The van der Waals surface area contributed by atoms with Gasteiger partial charge in [-0.3, -0.25) is 9.78 Å². The predicted octanol–water partition coefficient (Wildman–Crippen LogP) is 2.69. The Morgan fingerprint density at radius 3 is 2.83 bits per heavy atom. The number of fused-ring (bicyclic) bond motifs is 2. The molecule has 1 unspecified atom stereocenters. The number of carbonyl (C=O) groups is 1. The minimum Gasteiger partial charge on any atom is -0.454 e. The lowest BCUT2D eigenvalue weighted by Crippen LogP contribution is -2.37. The normalized spacial score (nSPS) is 21.0. The summed E-state index contributed by atoms with van der Waals surface area (Å²) in [5.74, 6) is 2.40. The SMILES string of the molecule is O=C1Cc2cc3c(cc2CCN1CC1CCN(CCCc2cccnc2)C1)OCO3. The molecule has 6 nitrogen and oxygen atoms in total. The summed E-state index contributed by atoms with van der Waals surface area (Å²) in [4.78, 5) is 21.7. The molecule has 1 aromatic heterocycles. The third-order valence-corrected chi connectivity index (χ3v) is 6.55. The van der Waals surface area contributed by atoms with E-state index in [1.807, 2.05) is 24.5 Å². The second kappa shape index (κ2) is 8.64. The van der Waals surface area contributed by atoms with Crippen LogP contribution in [0.1, 0.15) is 29.5 Å². The lowest BCUT2D eigenvalue weighted by molar-refractivity contribution is -0.130. The van der Waals surface area contributed by atoms with Crippen LogP contribution >= 0.6 is 0 Å². The molecule has 1 amide bonds. The quantitative estimate of drug-likeness (QED) is 0.737. The van der Waals surface area contributed by atoms with Crippen LogP contribution in [0.2, 0.25) is 0 Å². The molecule has 158 valence electrons. The minimum absolute atomic E-state index is 0.239. The van der Waals surface area contributed by atoms with Crippen LogP contribution in [0.15, 0.2) is 36.7 Å². The second-order valence-electron chi connectivity index (χ2n) is 8.66. The van der Waals surface area contributed by atoms with Gasteiger partial charge in [0.2, 0.25) is 12.7 Å². The Hall–Kier alpha value is -2.60. The van der Waals surface area contributed by atoms with Gasteiger partial charge in [-0.1, -0.05) is 6.07 Å². The Morgan fingerprint density at radius 1 is 1.13 bits per heavy atom. The Bertz CT molecular complexity index is 902. The number of carbonyl (C=O) groups excluding carboxylic acids is 1. The lowest BCUT2D eigenvalue weighted by Gasteiger charge is -2.24. The second-order valence-corrected chi connectivity index (χ2v) is 8.66. The van der Waals surface area contributed by atoms with Crippen molar-refractivity contribution in [2.24, 2.45) is 5.92 Å². The first-order chi connectivity index (χ1) is 14.7. The van der Waals surface area contributed by atoms with E-state index in [0.717, 1.165) is 69.0 Å². The van der Waals surface area contributed by atoms with Crippen LogP contribution in [0.4, 0.5) is 0 Å². The summed E-state index contributed by atoms with van der Waals surface area (Å²) in [6.07, 6.45) is 8.56. The molecule has 1 fully saturated rings. The minimum atomic E-state index is 0.239. The van der Waals surface area contributed by atoms with Crippen molar-refractivity contribution in [1.29, 1.82) is 0 Å². The number of benzene rings is 1. The third kappa shape index (κ3) is 4.29. The number of hydrogen-bond donors (Lipinski definition) is 0. The molecule has 2 aromatic rings. The van der Waals surface area contributed by atoms with Crippen LogP contribution in [0.25, 0.3) is 0 Å². The molecule has 3 aliphatic rings. The molecule has 1 aromatic carbocycles. The van der Waals surface area contributed by atoms with Gasteiger partial charge in [0.1, 0.15) is 0 Å². The Labute approximate surface area is 177 Å². The zero-order valence-corrected chi connectivity index (χ0v) is 17.4. The van der Waals surface area contributed by atoms with E-state index in [1.165, 1.54) is 17.5 Å². The molecule has 30 heavy (non-hydrogen) atoms. The van der Waals surface area contributed by atoms with Crippen LogP contribution in [0, 0.1) is 5.92 Å². The summed E-state index contributed by atoms with van der Waals surface area (Å²) in [6, 6.07) is 8.22. The van der Waals surface area contributed by atoms with Crippen LogP contribution < -0.4 is 9.47 Å². The number of ether oxygens (including phenoxy) is 2. The smallest absolute Gasteiger partial charge is 0.231 e. The molecule has 6 heteroatoms. The summed E-state index contributed by atoms with van der Waals surface area (Å²) in [7, 11) is 0. The highest BCUT2D eigenvalue weighted by Gasteiger charge is 2.29. The molecular formula is C24H29N3O3. The Balaban J connectivity index is 1.12. The van der Waals surface area contributed by atoms with E-state index in [9.17, 15) is 4.79 Å². The summed E-state index contributed by atoms with van der Waals surface area (Å²) < 4.78 is 11.0. The molecule has 3 aliphatic heterocycles. The van der Waals surface area contributed by atoms with Gasteiger partial charge in [0.25, 0.3) is 0 Å². The Kier molecular flexibility index (Phi) is 5.58. The summed E-state index contributed by atoms with van der Waals surface area (Å²) >= 11 is 0. The fraction of sp³-hybridized carbons (Fsp3) is 0.500. The van der Waals surface area contributed by atoms with E-state index in [4.69, 9.17) is 9.47 Å². The topological polar surface area (TPSA) is 54.9 Å². The van der Waals surface area contributed by atoms with Gasteiger partial charge in [0.05, 0.1) is 6.42 Å². The molecule has 0 bridgehead atoms. The molecule has 0 saturated carbocycles. The number of aromatic nitrogens is 1. The van der Waals surface area contributed by atoms with Gasteiger partial charge in [-0.25, -0.2) is 0 Å². The molecule has 1 saturated heterocycles. The van der Waals surface area contributed by atoms with Crippen LogP contribution in [0.5, 0.6) is 11.5 Å². The summed E-state index contributed by atoms with van der Waals surface area (Å²) in [5, 5.41) is 0. The first kappa shape index (κ1) is 19.4. The van der Waals surface area contributed by atoms with Crippen molar-refractivity contribution >= 4 is 5.91 Å². The van der Waals surface area contributed by atoms with E-state index in [0.29, 0.717) is 12.3 Å². The number of rotatable bonds is 6. The first-order valence-electron chi connectivity index (χ1n) is 11.0. The van der Waals surface area contributed by atoms with E-state index >= 15 is 0 Å². The first-order valence-corrected chi connectivity index (χ1v) is 11.0. The van der Waals surface area contributed by atoms with Gasteiger partial charge in [-0.05, 0) is 79.6 Å². The van der Waals surface area contributed by atoms with Gasteiger partial charge in [0.15, 0.2) is 11.5 Å². The van der Waals surface area contributed by atoms with Crippen molar-refractivity contribution in [3.8, 4) is 11.5 Å². The molecular weight excluding hydrogens is 378 g/mol. The zero-order valence-electron chi connectivity index (χ0n) is 17.4. The van der Waals surface area contributed by atoms with Crippen molar-refractivity contribution in [1.82, 2.24) is 14.8 Å². The standard InChI is InChI=1S/C24H29N3O3/c28-24-13-21-12-23-22(29-17-30-23)11-20(21)6-10-27(24)16-19-5-9-26(15-19)8-2-4-18-3-1-7-25-14-18/h1,3,7,11-12,14,19H,2,4-6,8-10,13,15-17H2. The van der Waals surface area contributed by atoms with Crippen molar-refractivity contribution in [3.63, 3.8) is 0 Å².